The highest BCUT2D eigenvalue weighted by molar-refractivity contribution is 7.89. The summed E-state index contributed by atoms with van der Waals surface area (Å²) < 4.78 is 26.4. The third kappa shape index (κ3) is 4.27. The lowest BCUT2D eigenvalue weighted by molar-refractivity contribution is -0.384. The molecule has 1 unspecified atom stereocenters. The monoisotopic (exact) mass is 356 g/mol. The molecule has 7 nitrogen and oxygen atoms in total. The summed E-state index contributed by atoms with van der Waals surface area (Å²) in [5, 5.41) is 19.8. The summed E-state index contributed by atoms with van der Waals surface area (Å²) in [4.78, 5) is 9.55. The molecule has 1 aromatic carbocycles. The van der Waals surface area contributed by atoms with Gasteiger partial charge in [-0.1, -0.05) is 30.1 Å². The molecule has 1 aromatic rings. The molecule has 118 valence electrons. The first-order valence-corrected chi connectivity index (χ1v) is 8.10. The highest BCUT2D eigenvalue weighted by atomic mass is 35.5. The van der Waals surface area contributed by atoms with Crippen molar-refractivity contribution in [1.82, 2.24) is 4.72 Å². The Kier molecular flexibility index (Phi) is 5.57. The molecule has 0 aliphatic heterocycles. The highest BCUT2D eigenvalue weighted by Crippen LogP contribution is 2.37. The molecule has 1 rings (SSSR count). The summed E-state index contributed by atoms with van der Waals surface area (Å²) in [5.41, 5.74) is -1.92. The van der Waals surface area contributed by atoms with Crippen LogP contribution in [0.4, 0.5) is 5.69 Å². The summed E-state index contributed by atoms with van der Waals surface area (Å²) in [6.45, 7) is 2.90. The van der Waals surface area contributed by atoms with E-state index in [1.165, 1.54) is 6.92 Å². The van der Waals surface area contributed by atoms with Gasteiger partial charge < -0.3 is 5.11 Å². The van der Waals surface area contributed by atoms with Crippen LogP contribution in [0.3, 0.4) is 0 Å². The van der Waals surface area contributed by atoms with Gasteiger partial charge in [0.15, 0.2) is 0 Å². The Bertz CT molecular complexity index is 661. The molecule has 0 fully saturated rings. The highest BCUT2D eigenvalue weighted by Gasteiger charge is 2.29. The van der Waals surface area contributed by atoms with Gasteiger partial charge in [0.2, 0.25) is 10.0 Å². The van der Waals surface area contributed by atoms with E-state index in [4.69, 9.17) is 23.2 Å². The number of hydrogen-bond donors (Lipinski definition) is 2. The number of hydrogen-bond acceptors (Lipinski definition) is 5. The quantitative estimate of drug-likeness (QED) is 0.600. The molecule has 0 aromatic heterocycles. The molecule has 0 amide bonds. The Balaban J connectivity index is 3.22. The molecule has 0 aliphatic rings. The Morgan fingerprint density at radius 1 is 1.43 bits per heavy atom. The maximum atomic E-state index is 12.1. The average molecular weight is 357 g/mol. The molecule has 10 heteroatoms. The molecule has 2 N–H and O–H groups in total. The number of nitro benzene ring substituents is 1. The Hall–Kier alpha value is -0.930. The second-order valence-corrected chi connectivity index (χ2v) is 7.16. The van der Waals surface area contributed by atoms with Crippen molar-refractivity contribution in [1.29, 1.82) is 0 Å². The van der Waals surface area contributed by atoms with E-state index >= 15 is 0 Å². The fourth-order valence-electron chi connectivity index (χ4n) is 1.35. The molecule has 0 saturated carbocycles. The van der Waals surface area contributed by atoms with Gasteiger partial charge >= 0.3 is 5.69 Å². The summed E-state index contributed by atoms with van der Waals surface area (Å²) in [7, 11) is -4.11. The first kappa shape index (κ1) is 18.1. The standard InChI is InChI=1S/C11H14Cl2N2O5S/c1-3-11(2,16)6-14-21(19,20)8-5-4-7(12)10(9(8)13)15(17)18/h4-5,14,16H,3,6H2,1-2H3. The van der Waals surface area contributed by atoms with Crippen LogP contribution in [-0.4, -0.2) is 30.6 Å². The van der Waals surface area contributed by atoms with Crippen LogP contribution < -0.4 is 4.72 Å². The van der Waals surface area contributed by atoms with Crippen LogP contribution in [0.15, 0.2) is 17.0 Å². The lowest BCUT2D eigenvalue weighted by Crippen LogP contribution is -2.40. The number of rotatable bonds is 6. The smallest absolute Gasteiger partial charge is 0.307 e. The molecular formula is C11H14Cl2N2O5S. The maximum Gasteiger partial charge on any atom is 0.307 e. The number of nitro groups is 1. The van der Waals surface area contributed by atoms with Crippen LogP contribution in [-0.2, 0) is 10.0 Å². The second-order valence-electron chi connectivity index (χ2n) is 4.64. The average Bonchev–Trinajstić information content (AvgIpc) is 2.36. The van der Waals surface area contributed by atoms with Gasteiger partial charge in [-0.15, -0.1) is 0 Å². The first-order valence-electron chi connectivity index (χ1n) is 5.86. The lowest BCUT2D eigenvalue weighted by Gasteiger charge is -2.21. The van der Waals surface area contributed by atoms with Crippen LogP contribution in [0.1, 0.15) is 20.3 Å². The van der Waals surface area contributed by atoms with Gasteiger partial charge in [0.05, 0.1) is 10.5 Å². The van der Waals surface area contributed by atoms with E-state index in [0.29, 0.717) is 6.42 Å². The zero-order chi connectivity index (χ0) is 16.4. The molecule has 1 atom stereocenters. The summed E-state index contributed by atoms with van der Waals surface area (Å²) in [6, 6.07) is 2.15. The normalized spacial score (nSPS) is 14.7. The number of nitrogens with zero attached hydrogens (tertiary/aromatic N) is 1. The van der Waals surface area contributed by atoms with E-state index in [0.717, 1.165) is 12.1 Å². The Labute approximate surface area is 132 Å². The fourth-order valence-corrected chi connectivity index (χ4v) is 3.40. The van der Waals surface area contributed by atoms with Crippen molar-refractivity contribution in [3.05, 3.63) is 32.3 Å². The van der Waals surface area contributed by atoms with Crippen molar-refractivity contribution in [2.24, 2.45) is 0 Å². The molecule has 21 heavy (non-hydrogen) atoms. The summed E-state index contributed by atoms with van der Waals surface area (Å²) in [6.07, 6.45) is 0.323. The fraction of sp³-hybridized carbons (Fsp3) is 0.455. The van der Waals surface area contributed by atoms with Gasteiger partial charge in [-0.05, 0) is 25.5 Å². The van der Waals surface area contributed by atoms with Crippen LogP contribution >= 0.6 is 23.2 Å². The van der Waals surface area contributed by atoms with Crippen molar-refractivity contribution in [2.75, 3.05) is 6.54 Å². The van der Waals surface area contributed by atoms with Crippen molar-refractivity contribution < 1.29 is 18.4 Å². The minimum absolute atomic E-state index is 0.251. The third-order valence-corrected chi connectivity index (χ3v) is 5.15. The molecule has 0 heterocycles. The molecule has 0 saturated heterocycles. The molecule has 0 bridgehead atoms. The van der Waals surface area contributed by atoms with Crippen LogP contribution in [0.2, 0.25) is 10.0 Å². The van der Waals surface area contributed by atoms with E-state index in [9.17, 15) is 23.6 Å². The minimum atomic E-state index is -4.11. The molecular weight excluding hydrogens is 343 g/mol. The van der Waals surface area contributed by atoms with E-state index in [2.05, 4.69) is 4.72 Å². The Morgan fingerprint density at radius 3 is 2.48 bits per heavy atom. The van der Waals surface area contributed by atoms with Crippen LogP contribution in [0.5, 0.6) is 0 Å². The zero-order valence-corrected chi connectivity index (χ0v) is 13.6. The molecule has 0 radical (unpaired) electrons. The van der Waals surface area contributed by atoms with Gasteiger partial charge in [-0.3, -0.25) is 10.1 Å². The number of benzene rings is 1. The van der Waals surface area contributed by atoms with E-state index < -0.39 is 36.2 Å². The van der Waals surface area contributed by atoms with Crippen LogP contribution in [0, 0.1) is 10.1 Å². The van der Waals surface area contributed by atoms with E-state index in [-0.39, 0.29) is 11.6 Å². The predicted octanol–water partition coefficient (Wildman–Crippen LogP) is 2.34. The SMILES string of the molecule is CCC(C)(O)CNS(=O)(=O)c1ccc(Cl)c([N+](=O)[O-])c1Cl. The van der Waals surface area contributed by atoms with Crippen molar-refractivity contribution in [3.8, 4) is 0 Å². The van der Waals surface area contributed by atoms with Gasteiger partial charge in [0.1, 0.15) is 14.9 Å². The van der Waals surface area contributed by atoms with Gasteiger partial charge in [0, 0.05) is 6.54 Å². The summed E-state index contributed by atoms with van der Waals surface area (Å²) >= 11 is 11.4. The van der Waals surface area contributed by atoms with Crippen molar-refractivity contribution >= 4 is 38.9 Å². The van der Waals surface area contributed by atoms with E-state index in [1.807, 2.05) is 0 Å². The number of aliphatic hydroxyl groups is 1. The van der Waals surface area contributed by atoms with E-state index in [1.54, 1.807) is 6.92 Å². The maximum absolute atomic E-state index is 12.1. The topological polar surface area (TPSA) is 110 Å². The summed E-state index contributed by atoms with van der Waals surface area (Å²) in [5.74, 6) is 0. The third-order valence-electron chi connectivity index (χ3n) is 2.91. The van der Waals surface area contributed by atoms with Crippen molar-refractivity contribution in [3.63, 3.8) is 0 Å². The molecule has 0 aliphatic carbocycles. The predicted molar refractivity (Wildman–Crippen MR) is 79.2 cm³/mol. The van der Waals surface area contributed by atoms with Gasteiger partial charge in [0.25, 0.3) is 0 Å². The van der Waals surface area contributed by atoms with Gasteiger partial charge in [-0.2, -0.15) is 0 Å². The Morgan fingerprint density at radius 2 is 2.00 bits per heavy atom. The molecule has 0 spiro atoms. The lowest BCUT2D eigenvalue weighted by atomic mass is 10.1. The zero-order valence-electron chi connectivity index (χ0n) is 11.3. The van der Waals surface area contributed by atoms with Crippen LogP contribution in [0.25, 0.3) is 0 Å². The van der Waals surface area contributed by atoms with Gasteiger partial charge in [-0.25, -0.2) is 13.1 Å². The number of halogens is 2. The first-order chi connectivity index (χ1) is 9.52. The largest absolute Gasteiger partial charge is 0.389 e. The second kappa shape index (κ2) is 6.45. The number of sulfonamides is 1. The number of nitrogens with one attached hydrogen (secondary N) is 1. The minimum Gasteiger partial charge on any atom is -0.389 e. The van der Waals surface area contributed by atoms with Crippen molar-refractivity contribution in [2.45, 2.75) is 30.8 Å².